The Bertz CT molecular complexity index is 1400. The zero-order valence-corrected chi connectivity index (χ0v) is 24.7. The van der Waals surface area contributed by atoms with Gasteiger partial charge in [-0.3, -0.25) is 13.9 Å². The van der Waals surface area contributed by atoms with Gasteiger partial charge in [0, 0.05) is 18.1 Å². The maximum atomic E-state index is 14.0. The van der Waals surface area contributed by atoms with Crippen molar-refractivity contribution in [3.63, 3.8) is 0 Å². The highest BCUT2D eigenvalue weighted by molar-refractivity contribution is 7.92. The maximum Gasteiger partial charge on any atom is 0.264 e. The highest BCUT2D eigenvalue weighted by Crippen LogP contribution is 2.26. The lowest BCUT2D eigenvalue weighted by Crippen LogP contribution is -2.52. The Balaban J connectivity index is 2.03. The van der Waals surface area contributed by atoms with Gasteiger partial charge in [0.1, 0.15) is 18.4 Å². The number of hydrogen-bond acceptors (Lipinski definition) is 4. The van der Waals surface area contributed by atoms with Crippen LogP contribution in [-0.2, 0) is 26.2 Å². The van der Waals surface area contributed by atoms with E-state index in [4.69, 9.17) is 11.6 Å². The monoisotopic (exact) mass is 587 g/mol. The number of carbonyl (C=O) groups is 2. The lowest BCUT2D eigenvalue weighted by molar-refractivity contribution is -0.140. The van der Waals surface area contributed by atoms with E-state index in [1.807, 2.05) is 20.8 Å². The molecule has 0 radical (unpaired) electrons. The summed E-state index contributed by atoms with van der Waals surface area (Å²) in [7, 11) is -4.19. The average Bonchev–Trinajstić information content (AvgIpc) is 2.92. The number of halogens is 2. The molecule has 0 bridgehead atoms. The standard InChI is InChI=1S/C30H35ClFN3O4S/c1-5-28(30(37)33-18-21(2)3)34(19-23-8-12-25(32)13-9-23)29(36)20-35(26-14-6-22(4)7-15-26)40(38,39)27-16-10-24(31)11-17-27/h6-17,21,28H,5,18-20H2,1-4H3,(H,33,37)/t28-/m0/s1. The van der Waals surface area contributed by atoms with Crippen LogP contribution in [0.5, 0.6) is 0 Å². The number of anilines is 1. The second-order valence-electron chi connectivity index (χ2n) is 10.0. The number of amides is 2. The zero-order chi connectivity index (χ0) is 29.4. The van der Waals surface area contributed by atoms with Crippen LogP contribution in [0, 0.1) is 18.7 Å². The van der Waals surface area contributed by atoms with E-state index in [2.05, 4.69) is 5.32 Å². The molecule has 0 spiro atoms. The number of benzene rings is 3. The Morgan fingerprint density at radius 1 is 0.950 bits per heavy atom. The van der Waals surface area contributed by atoms with E-state index >= 15 is 0 Å². The fourth-order valence-electron chi connectivity index (χ4n) is 4.10. The second kappa shape index (κ2) is 13.8. The Hall–Kier alpha value is -3.43. The molecule has 3 aromatic rings. The van der Waals surface area contributed by atoms with E-state index in [0.29, 0.717) is 29.2 Å². The molecule has 0 heterocycles. The first kappa shape index (κ1) is 31.1. The first-order chi connectivity index (χ1) is 18.9. The summed E-state index contributed by atoms with van der Waals surface area (Å²) in [6.45, 7) is 7.45. The number of nitrogens with one attached hydrogen (secondary N) is 1. The molecule has 0 aliphatic carbocycles. The molecule has 1 N–H and O–H groups in total. The minimum atomic E-state index is -4.19. The molecule has 3 rings (SSSR count). The predicted octanol–water partition coefficient (Wildman–Crippen LogP) is 5.56. The summed E-state index contributed by atoms with van der Waals surface area (Å²) in [4.78, 5) is 28.5. The van der Waals surface area contributed by atoms with E-state index in [0.717, 1.165) is 9.87 Å². The Labute approximate surface area is 241 Å². The van der Waals surface area contributed by atoms with Crippen molar-refractivity contribution in [3.8, 4) is 0 Å². The summed E-state index contributed by atoms with van der Waals surface area (Å²) in [5.74, 6) is -1.14. The molecule has 0 saturated heterocycles. The van der Waals surface area contributed by atoms with Crippen molar-refractivity contribution in [2.45, 2.75) is 51.6 Å². The summed E-state index contributed by atoms with van der Waals surface area (Å²) in [5.41, 5.74) is 1.82. The minimum absolute atomic E-state index is 0.00451. The normalized spacial score (nSPS) is 12.2. The van der Waals surface area contributed by atoms with Crippen LogP contribution in [-0.4, -0.2) is 44.3 Å². The van der Waals surface area contributed by atoms with Gasteiger partial charge in [-0.1, -0.05) is 62.2 Å². The molecule has 0 aliphatic heterocycles. The van der Waals surface area contributed by atoms with Gasteiger partial charge < -0.3 is 10.2 Å². The molecule has 40 heavy (non-hydrogen) atoms. The van der Waals surface area contributed by atoms with Crippen molar-refractivity contribution in [1.29, 1.82) is 0 Å². The Morgan fingerprint density at radius 3 is 2.10 bits per heavy atom. The molecule has 3 aromatic carbocycles. The zero-order valence-electron chi connectivity index (χ0n) is 23.1. The van der Waals surface area contributed by atoms with Crippen molar-refractivity contribution < 1.29 is 22.4 Å². The van der Waals surface area contributed by atoms with Crippen LogP contribution in [0.15, 0.2) is 77.7 Å². The smallest absolute Gasteiger partial charge is 0.264 e. The lowest BCUT2D eigenvalue weighted by atomic mass is 10.1. The van der Waals surface area contributed by atoms with Gasteiger partial charge >= 0.3 is 0 Å². The van der Waals surface area contributed by atoms with E-state index < -0.39 is 34.3 Å². The lowest BCUT2D eigenvalue weighted by Gasteiger charge is -2.33. The van der Waals surface area contributed by atoms with Crippen LogP contribution in [0.25, 0.3) is 0 Å². The van der Waals surface area contributed by atoms with Crippen LogP contribution in [0.2, 0.25) is 5.02 Å². The van der Waals surface area contributed by atoms with Crippen LogP contribution in [0.1, 0.15) is 38.3 Å². The first-order valence-corrected chi connectivity index (χ1v) is 14.9. The third-order valence-corrected chi connectivity index (χ3v) is 8.38. The maximum absolute atomic E-state index is 14.0. The van der Waals surface area contributed by atoms with Gasteiger partial charge in [0.25, 0.3) is 10.0 Å². The number of aryl methyl sites for hydroxylation is 1. The van der Waals surface area contributed by atoms with E-state index in [1.54, 1.807) is 31.2 Å². The molecular formula is C30H35ClFN3O4S. The van der Waals surface area contributed by atoms with Crippen molar-refractivity contribution in [2.75, 3.05) is 17.4 Å². The third kappa shape index (κ3) is 8.05. The third-order valence-electron chi connectivity index (χ3n) is 6.34. The van der Waals surface area contributed by atoms with Crippen LogP contribution < -0.4 is 9.62 Å². The fraction of sp³-hybridized carbons (Fsp3) is 0.333. The number of rotatable bonds is 12. The Kier molecular flexibility index (Phi) is 10.7. The molecule has 7 nitrogen and oxygen atoms in total. The van der Waals surface area contributed by atoms with Crippen molar-refractivity contribution >= 4 is 39.1 Å². The molecular weight excluding hydrogens is 553 g/mol. The molecule has 10 heteroatoms. The number of carbonyl (C=O) groups excluding carboxylic acids is 2. The first-order valence-electron chi connectivity index (χ1n) is 13.1. The molecule has 0 saturated carbocycles. The SMILES string of the molecule is CC[C@@H](C(=O)NCC(C)C)N(Cc1ccc(F)cc1)C(=O)CN(c1ccc(C)cc1)S(=O)(=O)c1ccc(Cl)cc1. The second-order valence-corrected chi connectivity index (χ2v) is 12.3. The van der Waals surface area contributed by atoms with Crippen molar-refractivity contribution in [1.82, 2.24) is 10.2 Å². The fourth-order valence-corrected chi connectivity index (χ4v) is 5.64. The topological polar surface area (TPSA) is 86.8 Å². The van der Waals surface area contributed by atoms with Gasteiger partial charge in [-0.05, 0) is 73.4 Å². The molecule has 0 aliphatic rings. The number of nitrogens with zero attached hydrogens (tertiary/aromatic N) is 2. The quantitative estimate of drug-likeness (QED) is 0.300. The highest BCUT2D eigenvalue weighted by Gasteiger charge is 2.33. The number of hydrogen-bond donors (Lipinski definition) is 1. The molecule has 0 unspecified atom stereocenters. The molecule has 214 valence electrons. The highest BCUT2D eigenvalue weighted by atomic mass is 35.5. The van der Waals surface area contributed by atoms with Crippen LogP contribution in [0.4, 0.5) is 10.1 Å². The van der Waals surface area contributed by atoms with Crippen molar-refractivity contribution in [2.24, 2.45) is 5.92 Å². The summed E-state index contributed by atoms with van der Waals surface area (Å²) < 4.78 is 42.3. The summed E-state index contributed by atoms with van der Waals surface area (Å²) in [6, 6.07) is 17.3. The van der Waals surface area contributed by atoms with Crippen LogP contribution >= 0.6 is 11.6 Å². The average molecular weight is 588 g/mol. The summed E-state index contributed by atoms with van der Waals surface area (Å²) in [6.07, 6.45) is 0.297. The Morgan fingerprint density at radius 2 is 1.55 bits per heavy atom. The van der Waals surface area contributed by atoms with Gasteiger partial charge in [0.15, 0.2) is 0 Å². The van der Waals surface area contributed by atoms with Gasteiger partial charge in [-0.2, -0.15) is 0 Å². The predicted molar refractivity (Wildman–Crippen MR) is 156 cm³/mol. The summed E-state index contributed by atoms with van der Waals surface area (Å²) in [5, 5.41) is 3.25. The van der Waals surface area contributed by atoms with Gasteiger partial charge in [0.2, 0.25) is 11.8 Å². The molecule has 0 fully saturated rings. The van der Waals surface area contributed by atoms with E-state index in [1.165, 1.54) is 53.4 Å². The summed E-state index contributed by atoms with van der Waals surface area (Å²) >= 11 is 5.98. The molecule has 0 aromatic heterocycles. The minimum Gasteiger partial charge on any atom is -0.354 e. The van der Waals surface area contributed by atoms with Crippen LogP contribution in [0.3, 0.4) is 0 Å². The van der Waals surface area contributed by atoms with E-state index in [9.17, 15) is 22.4 Å². The van der Waals surface area contributed by atoms with Gasteiger partial charge in [-0.25, -0.2) is 12.8 Å². The van der Waals surface area contributed by atoms with Crippen molar-refractivity contribution in [3.05, 3.63) is 94.8 Å². The van der Waals surface area contributed by atoms with Gasteiger partial charge in [-0.15, -0.1) is 0 Å². The largest absolute Gasteiger partial charge is 0.354 e. The molecule has 1 atom stereocenters. The number of sulfonamides is 1. The van der Waals surface area contributed by atoms with Gasteiger partial charge in [0.05, 0.1) is 10.6 Å². The van der Waals surface area contributed by atoms with E-state index in [-0.39, 0.29) is 23.3 Å². The molecule has 2 amide bonds.